The van der Waals surface area contributed by atoms with Gasteiger partial charge in [-0.3, -0.25) is 4.79 Å². The third kappa shape index (κ3) is 4.62. The maximum Gasteiger partial charge on any atom is 0.306 e. The van der Waals surface area contributed by atoms with Crippen molar-refractivity contribution >= 4 is 5.97 Å². The summed E-state index contributed by atoms with van der Waals surface area (Å²) in [5.74, 6) is 0.127. The number of carbonyl (C=O) groups excluding carboxylic acids is 1. The van der Waals surface area contributed by atoms with Crippen LogP contribution in [0, 0.1) is 5.92 Å². The Bertz CT molecular complexity index is 222. The summed E-state index contributed by atoms with van der Waals surface area (Å²) >= 11 is 0. The van der Waals surface area contributed by atoms with Crippen molar-refractivity contribution in [3.8, 4) is 0 Å². The van der Waals surface area contributed by atoms with Crippen molar-refractivity contribution in [3.05, 3.63) is 0 Å². The number of rotatable bonds is 3. The van der Waals surface area contributed by atoms with Crippen LogP contribution < -0.4 is 5.73 Å². The molecule has 4 nitrogen and oxygen atoms in total. The molecule has 0 aromatic carbocycles. The van der Waals surface area contributed by atoms with Gasteiger partial charge in [-0.15, -0.1) is 0 Å². The van der Waals surface area contributed by atoms with Gasteiger partial charge in [0.15, 0.2) is 0 Å². The fourth-order valence-electron chi connectivity index (χ4n) is 1.71. The molecule has 0 aromatic rings. The molecule has 2 N–H and O–H groups in total. The first kappa shape index (κ1) is 12.5. The minimum absolute atomic E-state index is 0.123. The van der Waals surface area contributed by atoms with Crippen LogP contribution >= 0.6 is 0 Å². The first-order valence-electron chi connectivity index (χ1n) is 5.44. The molecule has 0 saturated carbocycles. The van der Waals surface area contributed by atoms with E-state index in [0.29, 0.717) is 19.6 Å². The highest BCUT2D eigenvalue weighted by Gasteiger charge is 2.28. The van der Waals surface area contributed by atoms with Crippen LogP contribution in [0.25, 0.3) is 0 Å². The van der Waals surface area contributed by atoms with Gasteiger partial charge in [0.1, 0.15) is 5.60 Å². The van der Waals surface area contributed by atoms with Crippen molar-refractivity contribution in [2.24, 2.45) is 11.7 Å². The highest BCUT2D eigenvalue weighted by atomic mass is 16.6. The number of carbonyl (C=O) groups is 1. The van der Waals surface area contributed by atoms with Gasteiger partial charge in [0, 0.05) is 6.54 Å². The van der Waals surface area contributed by atoms with Gasteiger partial charge in [0.25, 0.3) is 0 Å². The Balaban J connectivity index is 2.28. The molecule has 15 heavy (non-hydrogen) atoms. The van der Waals surface area contributed by atoms with E-state index >= 15 is 0 Å². The number of esters is 1. The van der Waals surface area contributed by atoms with Crippen molar-refractivity contribution in [1.29, 1.82) is 0 Å². The second kappa shape index (κ2) is 4.94. The third-order valence-electron chi connectivity index (χ3n) is 2.30. The van der Waals surface area contributed by atoms with Crippen molar-refractivity contribution < 1.29 is 14.3 Å². The molecule has 4 heteroatoms. The molecular weight excluding hydrogens is 194 g/mol. The summed E-state index contributed by atoms with van der Waals surface area (Å²) in [6.07, 6.45) is 1.43. The van der Waals surface area contributed by atoms with E-state index in [2.05, 4.69) is 0 Å². The van der Waals surface area contributed by atoms with Crippen LogP contribution in [-0.4, -0.2) is 30.8 Å². The zero-order valence-corrected chi connectivity index (χ0v) is 9.79. The summed E-state index contributed by atoms with van der Waals surface area (Å²) in [6, 6.07) is 0. The van der Waals surface area contributed by atoms with Gasteiger partial charge in [0.05, 0.1) is 19.1 Å². The number of hydrogen-bond acceptors (Lipinski definition) is 4. The molecule has 0 radical (unpaired) electrons. The first-order valence-corrected chi connectivity index (χ1v) is 5.44. The standard InChI is InChI=1S/C11H21NO3/c1-11(2,3)15-10(13)5-8-4-9(6-12)14-7-8/h8-9H,4-7,12H2,1-3H3. The lowest BCUT2D eigenvalue weighted by atomic mass is 10.0. The Labute approximate surface area is 91.1 Å². The Morgan fingerprint density at radius 2 is 2.20 bits per heavy atom. The van der Waals surface area contributed by atoms with E-state index in [-0.39, 0.29) is 18.0 Å². The van der Waals surface area contributed by atoms with Crippen molar-refractivity contribution in [2.45, 2.75) is 45.3 Å². The average molecular weight is 215 g/mol. The zero-order valence-electron chi connectivity index (χ0n) is 9.79. The lowest BCUT2D eigenvalue weighted by Crippen LogP contribution is -2.25. The largest absolute Gasteiger partial charge is 0.460 e. The fraction of sp³-hybridized carbons (Fsp3) is 0.909. The molecule has 1 heterocycles. The van der Waals surface area contributed by atoms with Crippen molar-refractivity contribution in [2.75, 3.05) is 13.2 Å². The van der Waals surface area contributed by atoms with E-state index in [1.807, 2.05) is 20.8 Å². The molecule has 1 rings (SSSR count). The SMILES string of the molecule is CC(C)(C)OC(=O)CC1COC(CN)C1. The highest BCUT2D eigenvalue weighted by Crippen LogP contribution is 2.23. The maximum absolute atomic E-state index is 11.5. The van der Waals surface area contributed by atoms with E-state index in [0.717, 1.165) is 6.42 Å². The molecule has 0 amide bonds. The molecule has 0 aromatic heterocycles. The van der Waals surface area contributed by atoms with Crippen LogP contribution in [0.2, 0.25) is 0 Å². The number of ether oxygens (including phenoxy) is 2. The summed E-state index contributed by atoms with van der Waals surface area (Å²) in [5, 5.41) is 0. The fourth-order valence-corrected chi connectivity index (χ4v) is 1.71. The molecule has 1 saturated heterocycles. The summed E-state index contributed by atoms with van der Waals surface area (Å²) < 4.78 is 10.7. The van der Waals surface area contributed by atoms with Gasteiger partial charge < -0.3 is 15.2 Å². The van der Waals surface area contributed by atoms with Crippen LogP contribution in [0.5, 0.6) is 0 Å². The third-order valence-corrected chi connectivity index (χ3v) is 2.30. The Morgan fingerprint density at radius 1 is 1.53 bits per heavy atom. The summed E-state index contributed by atoms with van der Waals surface area (Å²) in [4.78, 5) is 11.5. The molecule has 0 aliphatic carbocycles. The Hall–Kier alpha value is -0.610. The smallest absolute Gasteiger partial charge is 0.306 e. The predicted molar refractivity (Wildman–Crippen MR) is 57.4 cm³/mol. The molecular formula is C11H21NO3. The Morgan fingerprint density at radius 3 is 2.67 bits per heavy atom. The monoisotopic (exact) mass is 215 g/mol. The van der Waals surface area contributed by atoms with Gasteiger partial charge in [-0.05, 0) is 33.1 Å². The topological polar surface area (TPSA) is 61.5 Å². The van der Waals surface area contributed by atoms with Crippen LogP contribution in [-0.2, 0) is 14.3 Å². The predicted octanol–water partition coefficient (Wildman–Crippen LogP) is 1.08. The average Bonchev–Trinajstić information content (AvgIpc) is 2.48. The number of nitrogens with two attached hydrogens (primary N) is 1. The lowest BCUT2D eigenvalue weighted by molar-refractivity contribution is -0.155. The van der Waals surface area contributed by atoms with Crippen molar-refractivity contribution in [3.63, 3.8) is 0 Å². The zero-order chi connectivity index (χ0) is 11.5. The van der Waals surface area contributed by atoms with E-state index in [4.69, 9.17) is 15.2 Å². The molecule has 0 spiro atoms. The van der Waals surface area contributed by atoms with Gasteiger partial charge in [-0.1, -0.05) is 0 Å². The second-order valence-corrected chi connectivity index (χ2v) is 5.08. The van der Waals surface area contributed by atoms with Crippen LogP contribution in [0.1, 0.15) is 33.6 Å². The summed E-state index contributed by atoms with van der Waals surface area (Å²) in [7, 11) is 0. The van der Waals surface area contributed by atoms with Crippen LogP contribution in [0.4, 0.5) is 0 Å². The van der Waals surface area contributed by atoms with Crippen LogP contribution in [0.15, 0.2) is 0 Å². The Kier molecular flexibility index (Phi) is 4.11. The normalized spacial score (nSPS) is 26.7. The first-order chi connectivity index (χ1) is 6.90. The molecule has 2 atom stereocenters. The second-order valence-electron chi connectivity index (χ2n) is 5.08. The van der Waals surface area contributed by atoms with Gasteiger partial charge in [-0.25, -0.2) is 0 Å². The maximum atomic E-state index is 11.5. The van der Waals surface area contributed by atoms with E-state index in [9.17, 15) is 4.79 Å². The van der Waals surface area contributed by atoms with E-state index in [1.54, 1.807) is 0 Å². The van der Waals surface area contributed by atoms with Gasteiger partial charge >= 0.3 is 5.97 Å². The molecule has 88 valence electrons. The van der Waals surface area contributed by atoms with E-state index < -0.39 is 5.60 Å². The number of hydrogen-bond donors (Lipinski definition) is 1. The minimum Gasteiger partial charge on any atom is -0.460 e. The van der Waals surface area contributed by atoms with Crippen LogP contribution in [0.3, 0.4) is 0 Å². The quantitative estimate of drug-likeness (QED) is 0.716. The summed E-state index contributed by atoms with van der Waals surface area (Å²) in [6.45, 7) is 6.78. The molecule has 1 aliphatic heterocycles. The van der Waals surface area contributed by atoms with Gasteiger partial charge in [0.2, 0.25) is 0 Å². The molecule has 2 unspecified atom stereocenters. The highest BCUT2D eigenvalue weighted by molar-refractivity contribution is 5.70. The lowest BCUT2D eigenvalue weighted by Gasteiger charge is -2.20. The molecule has 1 aliphatic rings. The molecule has 0 bridgehead atoms. The van der Waals surface area contributed by atoms with Gasteiger partial charge in [-0.2, -0.15) is 0 Å². The van der Waals surface area contributed by atoms with Crippen molar-refractivity contribution in [1.82, 2.24) is 0 Å². The van der Waals surface area contributed by atoms with E-state index in [1.165, 1.54) is 0 Å². The summed E-state index contributed by atoms with van der Waals surface area (Å²) in [5.41, 5.74) is 5.09. The molecule has 1 fully saturated rings. The minimum atomic E-state index is -0.399.